The molecule has 1 nitrogen and oxygen atoms in total. The Morgan fingerprint density at radius 1 is 1.67 bits per heavy atom. The molecular weight excluding hydrogens is 95.0 g/mol. The highest BCUT2D eigenvalue weighted by Gasteiger charge is 1.81. The number of hydrogen-bond acceptors (Lipinski definition) is 1. The molecule has 0 N–H and O–H groups in total. The zero-order valence-electron chi connectivity index (χ0n) is 4.32. The lowest BCUT2D eigenvalue weighted by molar-refractivity contribution is 0.590. The van der Waals surface area contributed by atoms with Crippen LogP contribution in [-0.4, -0.2) is 12.8 Å². The lowest BCUT2D eigenvalue weighted by atomic mass is 10.6. The third kappa shape index (κ3) is 4.23. The predicted octanol–water partition coefficient (Wildman–Crippen LogP) is 1.59. The van der Waals surface area contributed by atoms with E-state index in [-0.39, 0.29) is 0 Å². The molecule has 0 fully saturated rings. The molecule has 1 unspecified atom stereocenters. The fourth-order valence-electron chi connectivity index (χ4n) is 0.352. The smallest absolute Gasteiger partial charge is 0.0732 e. The van der Waals surface area contributed by atoms with Gasteiger partial charge in [-0.05, 0) is 19.2 Å². The number of hydrogen-bond donors (Lipinski definition) is 0. The Balaban J connectivity index is 2.83. The Bertz CT molecular complexity index is 51.5. The molecule has 1 atom stereocenters. The molecule has 0 amide bonds. The van der Waals surface area contributed by atoms with Gasteiger partial charge in [0.2, 0.25) is 0 Å². The molecule has 0 aromatic rings. The fourth-order valence-corrected chi connectivity index (χ4v) is 1.06. The Labute approximate surface area is 39.5 Å². The summed E-state index contributed by atoms with van der Waals surface area (Å²) < 4.78 is 10.2. The zero-order valence-corrected chi connectivity index (χ0v) is 5.32. The van der Waals surface area contributed by atoms with E-state index in [0.717, 1.165) is 12.6 Å². The van der Waals surface area contributed by atoms with Gasteiger partial charge in [0.25, 0.3) is 0 Å². The lowest BCUT2D eigenvalue weighted by Gasteiger charge is -1.82. The van der Waals surface area contributed by atoms with E-state index in [2.05, 4.69) is 0 Å². The molecule has 0 heterocycles. The summed E-state index contributed by atoms with van der Waals surface area (Å²) in [5, 5.41) is 0. The molecule has 0 rings (SSSR count). The Morgan fingerprint density at radius 2 is 2.17 bits per heavy atom. The zero-order chi connectivity index (χ0) is 4.99. The molecule has 0 aliphatic heterocycles. The minimum Gasteiger partial charge on any atom is -0.327 e. The molecule has 0 saturated heterocycles. The Morgan fingerprint density at radius 3 is 2.17 bits per heavy atom. The van der Waals surface area contributed by atoms with Crippen molar-refractivity contribution in [1.29, 1.82) is 0 Å². The highest BCUT2D eigenvalue weighted by Crippen LogP contribution is 2.12. The van der Waals surface area contributed by atoms with Crippen LogP contribution in [0.3, 0.4) is 0 Å². The van der Waals surface area contributed by atoms with Crippen LogP contribution in [0.15, 0.2) is 0 Å². The van der Waals surface area contributed by atoms with E-state index in [0.29, 0.717) is 0 Å². The highest BCUT2D eigenvalue weighted by molar-refractivity contribution is 7.43. The molecule has 0 aromatic heterocycles. The van der Waals surface area contributed by atoms with E-state index in [1.54, 1.807) is 6.66 Å². The van der Waals surface area contributed by atoms with Crippen molar-refractivity contribution in [3.05, 3.63) is 0 Å². The van der Waals surface area contributed by atoms with Crippen molar-refractivity contribution in [3.8, 4) is 0 Å². The standard InChI is InChI=1S/C4H11OP/c1-3-4-6(2)5/h6H,3-4H2,1-2H3. The largest absolute Gasteiger partial charge is 0.327 e. The van der Waals surface area contributed by atoms with Crippen LogP contribution in [0.4, 0.5) is 0 Å². The molecule has 0 bridgehead atoms. The quantitative estimate of drug-likeness (QED) is 0.488. The summed E-state index contributed by atoms with van der Waals surface area (Å²) in [7, 11) is -1.14. The van der Waals surface area contributed by atoms with E-state index in [4.69, 9.17) is 0 Å². The van der Waals surface area contributed by atoms with Crippen LogP contribution >= 0.6 is 7.80 Å². The Hall–Kier alpha value is 0.230. The molecule has 0 spiro atoms. The lowest BCUT2D eigenvalue weighted by Crippen LogP contribution is -1.66. The summed E-state index contributed by atoms with van der Waals surface area (Å²) >= 11 is 0. The average Bonchev–Trinajstić information content (AvgIpc) is 1.35. The van der Waals surface area contributed by atoms with Crippen molar-refractivity contribution >= 4 is 7.80 Å². The van der Waals surface area contributed by atoms with Crippen molar-refractivity contribution in [2.24, 2.45) is 0 Å². The van der Waals surface area contributed by atoms with Gasteiger partial charge in [-0.25, -0.2) is 0 Å². The second kappa shape index (κ2) is 3.42. The predicted molar refractivity (Wildman–Crippen MR) is 30.1 cm³/mol. The summed E-state index contributed by atoms with van der Waals surface area (Å²) in [6.07, 6.45) is 1.99. The Kier molecular flexibility index (Phi) is 3.55. The van der Waals surface area contributed by atoms with Crippen LogP contribution in [0.2, 0.25) is 0 Å². The summed E-state index contributed by atoms with van der Waals surface area (Å²) in [5.41, 5.74) is 0. The first kappa shape index (κ1) is 6.23. The van der Waals surface area contributed by atoms with E-state index >= 15 is 0 Å². The van der Waals surface area contributed by atoms with E-state index < -0.39 is 7.80 Å². The van der Waals surface area contributed by atoms with Crippen molar-refractivity contribution < 1.29 is 4.57 Å². The van der Waals surface area contributed by atoms with E-state index in [9.17, 15) is 4.57 Å². The first-order valence-electron chi connectivity index (χ1n) is 2.26. The maximum atomic E-state index is 10.2. The third-order valence-corrected chi connectivity index (χ3v) is 1.81. The molecule has 38 valence electrons. The van der Waals surface area contributed by atoms with Gasteiger partial charge in [-0.2, -0.15) is 0 Å². The highest BCUT2D eigenvalue weighted by atomic mass is 31.1. The van der Waals surface area contributed by atoms with Gasteiger partial charge in [0.05, 0.1) is 7.80 Å². The average molecular weight is 106 g/mol. The van der Waals surface area contributed by atoms with Gasteiger partial charge in [0, 0.05) is 0 Å². The van der Waals surface area contributed by atoms with Gasteiger partial charge in [-0.15, -0.1) is 0 Å². The van der Waals surface area contributed by atoms with Gasteiger partial charge in [-0.1, -0.05) is 6.92 Å². The molecule has 0 radical (unpaired) electrons. The first-order chi connectivity index (χ1) is 2.77. The fraction of sp³-hybridized carbons (Fsp3) is 1.00. The molecule has 0 aliphatic rings. The summed E-state index contributed by atoms with van der Waals surface area (Å²) in [6.45, 7) is 3.85. The third-order valence-electron chi connectivity index (χ3n) is 0.602. The maximum Gasteiger partial charge on any atom is 0.0732 e. The van der Waals surface area contributed by atoms with Crippen molar-refractivity contribution in [2.45, 2.75) is 13.3 Å². The summed E-state index contributed by atoms with van der Waals surface area (Å²) in [4.78, 5) is 0. The van der Waals surface area contributed by atoms with Crippen LogP contribution in [0.25, 0.3) is 0 Å². The summed E-state index contributed by atoms with van der Waals surface area (Å²) in [5.74, 6) is 0. The second-order valence-corrected chi connectivity index (χ2v) is 3.36. The monoisotopic (exact) mass is 106 g/mol. The van der Waals surface area contributed by atoms with E-state index in [1.807, 2.05) is 6.92 Å². The normalized spacial score (nSPS) is 14.3. The van der Waals surface area contributed by atoms with Crippen LogP contribution in [0.5, 0.6) is 0 Å². The van der Waals surface area contributed by atoms with Crippen LogP contribution in [0, 0.1) is 0 Å². The molecule has 6 heavy (non-hydrogen) atoms. The first-order valence-corrected chi connectivity index (χ1v) is 4.38. The SMILES string of the molecule is CCC[PH](C)=O. The van der Waals surface area contributed by atoms with Crippen molar-refractivity contribution in [1.82, 2.24) is 0 Å². The van der Waals surface area contributed by atoms with Gasteiger partial charge >= 0.3 is 0 Å². The number of rotatable bonds is 2. The maximum absolute atomic E-state index is 10.2. The molecule has 0 saturated carbocycles. The van der Waals surface area contributed by atoms with E-state index in [1.165, 1.54) is 0 Å². The minimum absolute atomic E-state index is 0.921. The van der Waals surface area contributed by atoms with Crippen LogP contribution in [0.1, 0.15) is 13.3 Å². The second-order valence-electron chi connectivity index (χ2n) is 1.45. The van der Waals surface area contributed by atoms with Gasteiger partial charge in [0.15, 0.2) is 0 Å². The van der Waals surface area contributed by atoms with Crippen LogP contribution < -0.4 is 0 Å². The van der Waals surface area contributed by atoms with Gasteiger partial charge < -0.3 is 4.57 Å². The topological polar surface area (TPSA) is 17.1 Å². The molecular formula is C4H11OP. The van der Waals surface area contributed by atoms with Gasteiger partial charge in [0.1, 0.15) is 0 Å². The van der Waals surface area contributed by atoms with Gasteiger partial charge in [-0.3, -0.25) is 0 Å². The van der Waals surface area contributed by atoms with Crippen LogP contribution in [-0.2, 0) is 4.57 Å². The minimum atomic E-state index is -1.14. The molecule has 2 heteroatoms. The molecule has 0 aromatic carbocycles. The van der Waals surface area contributed by atoms with Crippen molar-refractivity contribution in [2.75, 3.05) is 12.8 Å². The van der Waals surface area contributed by atoms with Crippen molar-refractivity contribution in [3.63, 3.8) is 0 Å². The molecule has 0 aliphatic carbocycles. The summed E-state index contributed by atoms with van der Waals surface area (Å²) in [6, 6.07) is 0.